The van der Waals surface area contributed by atoms with Gasteiger partial charge in [-0.3, -0.25) is 4.79 Å². The monoisotopic (exact) mass is 279 g/mol. The summed E-state index contributed by atoms with van der Waals surface area (Å²) in [5, 5.41) is 11.7. The number of rotatable bonds is 6. The number of ketones is 1. The third-order valence-corrected chi connectivity index (χ3v) is 4.35. The van der Waals surface area contributed by atoms with Crippen LogP contribution in [0, 0.1) is 0 Å². The van der Waals surface area contributed by atoms with Gasteiger partial charge in [-0.1, -0.05) is 53.4 Å². The minimum absolute atomic E-state index is 0.168. The molecule has 1 aromatic carbocycles. The Kier molecular flexibility index (Phi) is 4.72. The Morgan fingerprint density at radius 2 is 2.11 bits per heavy atom. The quantitative estimate of drug-likeness (QED) is 0.651. The van der Waals surface area contributed by atoms with E-state index in [0.717, 1.165) is 20.8 Å². The van der Waals surface area contributed by atoms with E-state index in [1.165, 1.54) is 11.3 Å². The summed E-state index contributed by atoms with van der Waals surface area (Å²) >= 11 is 3.06. The molecule has 0 atom stereocenters. The maximum Gasteiger partial charge on any atom is 0.206 e. The van der Waals surface area contributed by atoms with Gasteiger partial charge >= 0.3 is 0 Å². The van der Waals surface area contributed by atoms with Crippen molar-refractivity contribution in [2.75, 3.05) is 18.1 Å². The topological polar surface area (TPSA) is 54.9 Å². The number of nitrogens with zero attached hydrogens (tertiary/aromatic N) is 2. The zero-order chi connectivity index (χ0) is 12.8. The number of anilines is 1. The molecule has 0 amide bonds. The fourth-order valence-corrected chi connectivity index (χ4v) is 3.08. The van der Waals surface area contributed by atoms with Crippen LogP contribution in [-0.4, -0.2) is 28.8 Å². The molecule has 0 saturated heterocycles. The van der Waals surface area contributed by atoms with Gasteiger partial charge in [-0.05, 0) is 0 Å². The summed E-state index contributed by atoms with van der Waals surface area (Å²) in [6.45, 7) is 0. The Hall–Kier alpha value is -1.40. The summed E-state index contributed by atoms with van der Waals surface area (Å²) in [7, 11) is 1.81. The van der Waals surface area contributed by atoms with Gasteiger partial charge in [-0.2, -0.15) is 0 Å². The second-order valence-corrected chi connectivity index (χ2v) is 5.83. The van der Waals surface area contributed by atoms with Crippen molar-refractivity contribution in [2.45, 2.75) is 10.8 Å². The average molecular weight is 279 g/mol. The average Bonchev–Trinajstić information content (AvgIpc) is 2.87. The van der Waals surface area contributed by atoms with Gasteiger partial charge in [0.15, 0.2) is 10.1 Å². The van der Waals surface area contributed by atoms with Gasteiger partial charge in [0.2, 0.25) is 5.13 Å². The van der Waals surface area contributed by atoms with E-state index in [2.05, 4.69) is 15.5 Å². The zero-order valence-electron chi connectivity index (χ0n) is 9.92. The molecule has 2 rings (SSSR count). The van der Waals surface area contributed by atoms with E-state index in [9.17, 15) is 4.79 Å². The van der Waals surface area contributed by atoms with Crippen LogP contribution in [0.4, 0.5) is 5.13 Å². The Morgan fingerprint density at radius 1 is 1.33 bits per heavy atom. The first-order chi connectivity index (χ1) is 8.79. The lowest BCUT2D eigenvalue weighted by Crippen LogP contribution is -1.99. The number of hydrogen-bond acceptors (Lipinski definition) is 6. The molecule has 6 heteroatoms. The number of hydrogen-bond donors (Lipinski definition) is 1. The van der Waals surface area contributed by atoms with E-state index in [-0.39, 0.29) is 5.78 Å². The number of nitrogens with one attached hydrogen (secondary N) is 1. The van der Waals surface area contributed by atoms with Gasteiger partial charge in [0, 0.05) is 24.8 Å². The van der Waals surface area contributed by atoms with E-state index >= 15 is 0 Å². The summed E-state index contributed by atoms with van der Waals surface area (Å²) in [4.78, 5) is 11.8. The van der Waals surface area contributed by atoms with Crippen LogP contribution < -0.4 is 5.32 Å². The van der Waals surface area contributed by atoms with Crippen LogP contribution in [0.1, 0.15) is 16.8 Å². The van der Waals surface area contributed by atoms with Crippen LogP contribution >= 0.6 is 23.1 Å². The van der Waals surface area contributed by atoms with E-state index in [1.54, 1.807) is 11.8 Å². The number of carbonyl (C=O) groups is 1. The molecule has 0 unspecified atom stereocenters. The van der Waals surface area contributed by atoms with Gasteiger partial charge in [0.05, 0.1) is 0 Å². The van der Waals surface area contributed by atoms with Crippen LogP contribution in [0.25, 0.3) is 0 Å². The summed E-state index contributed by atoms with van der Waals surface area (Å²) in [6, 6.07) is 9.36. The van der Waals surface area contributed by atoms with E-state index in [4.69, 9.17) is 0 Å². The Morgan fingerprint density at radius 3 is 2.78 bits per heavy atom. The molecule has 0 aliphatic carbocycles. The van der Waals surface area contributed by atoms with Crippen molar-refractivity contribution in [1.29, 1.82) is 0 Å². The Balaban J connectivity index is 1.80. The molecule has 4 nitrogen and oxygen atoms in total. The number of benzene rings is 1. The first-order valence-corrected chi connectivity index (χ1v) is 7.32. The first-order valence-electron chi connectivity index (χ1n) is 5.52. The standard InChI is InChI=1S/C12H13N3OS2/c1-13-11-14-15-12(18-11)17-8-7-10(16)9-5-3-2-4-6-9/h2-6H,7-8H2,1H3,(H,13,14). The van der Waals surface area contributed by atoms with Crippen molar-refractivity contribution in [3.05, 3.63) is 35.9 Å². The maximum absolute atomic E-state index is 11.8. The fraction of sp³-hybridized carbons (Fsp3) is 0.250. The highest BCUT2D eigenvalue weighted by molar-refractivity contribution is 8.01. The van der Waals surface area contributed by atoms with E-state index in [0.29, 0.717) is 6.42 Å². The molecule has 2 aromatic rings. The molecule has 1 aromatic heterocycles. The third-order valence-electron chi connectivity index (χ3n) is 2.27. The van der Waals surface area contributed by atoms with E-state index in [1.807, 2.05) is 37.4 Å². The van der Waals surface area contributed by atoms with Crippen LogP contribution in [0.3, 0.4) is 0 Å². The highest BCUT2D eigenvalue weighted by atomic mass is 32.2. The molecule has 0 radical (unpaired) electrons. The highest BCUT2D eigenvalue weighted by Crippen LogP contribution is 2.25. The Labute approximate surface area is 114 Å². The molecule has 0 aliphatic rings. The molecule has 0 fully saturated rings. The SMILES string of the molecule is CNc1nnc(SCCC(=O)c2ccccc2)s1. The normalized spacial score (nSPS) is 10.3. The van der Waals surface area contributed by atoms with Crippen LogP contribution in [0.15, 0.2) is 34.7 Å². The van der Waals surface area contributed by atoms with Gasteiger partial charge < -0.3 is 5.32 Å². The van der Waals surface area contributed by atoms with Gasteiger partial charge in [0.1, 0.15) is 0 Å². The van der Waals surface area contributed by atoms with Crippen molar-refractivity contribution in [3.63, 3.8) is 0 Å². The lowest BCUT2D eigenvalue weighted by atomic mass is 10.1. The summed E-state index contributed by atoms with van der Waals surface area (Å²) < 4.78 is 0.889. The third kappa shape index (κ3) is 3.54. The van der Waals surface area contributed by atoms with Gasteiger partial charge in [-0.25, -0.2) is 0 Å². The minimum Gasteiger partial charge on any atom is -0.363 e. The smallest absolute Gasteiger partial charge is 0.206 e. The highest BCUT2D eigenvalue weighted by Gasteiger charge is 2.07. The van der Waals surface area contributed by atoms with Gasteiger partial charge in [0.25, 0.3) is 0 Å². The molecule has 0 spiro atoms. The fourth-order valence-electron chi connectivity index (χ4n) is 1.37. The number of thioether (sulfide) groups is 1. The van der Waals surface area contributed by atoms with Crippen LogP contribution in [0.2, 0.25) is 0 Å². The van der Waals surface area contributed by atoms with Crippen molar-refractivity contribution in [1.82, 2.24) is 10.2 Å². The lowest BCUT2D eigenvalue weighted by Gasteiger charge is -1.99. The van der Waals surface area contributed by atoms with E-state index < -0.39 is 0 Å². The molecular formula is C12H13N3OS2. The molecule has 1 heterocycles. The predicted molar refractivity (Wildman–Crippen MR) is 75.6 cm³/mol. The van der Waals surface area contributed by atoms with Crippen LogP contribution in [-0.2, 0) is 0 Å². The summed E-state index contributed by atoms with van der Waals surface area (Å²) in [6.07, 6.45) is 0.517. The van der Waals surface area contributed by atoms with Crippen molar-refractivity contribution in [2.24, 2.45) is 0 Å². The number of Topliss-reactive ketones (excluding diaryl/α,β-unsaturated/α-hetero) is 1. The second kappa shape index (κ2) is 6.51. The van der Waals surface area contributed by atoms with Crippen LogP contribution in [0.5, 0.6) is 0 Å². The molecular weight excluding hydrogens is 266 g/mol. The molecule has 0 saturated carbocycles. The first kappa shape index (κ1) is 13.0. The van der Waals surface area contributed by atoms with Crippen molar-refractivity contribution >= 4 is 34.0 Å². The summed E-state index contributed by atoms with van der Waals surface area (Å²) in [5.74, 6) is 0.896. The molecule has 1 N–H and O–H groups in total. The lowest BCUT2D eigenvalue weighted by molar-refractivity contribution is 0.0989. The maximum atomic E-state index is 11.8. The van der Waals surface area contributed by atoms with Gasteiger partial charge in [-0.15, -0.1) is 10.2 Å². The molecule has 18 heavy (non-hydrogen) atoms. The molecule has 0 aliphatic heterocycles. The number of carbonyl (C=O) groups excluding carboxylic acids is 1. The summed E-state index contributed by atoms with van der Waals surface area (Å²) in [5.41, 5.74) is 0.770. The zero-order valence-corrected chi connectivity index (χ0v) is 11.6. The molecule has 94 valence electrons. The Bertz CT molecular complexity index is 513. The largest absolute Gasteiger partial charge is 0.363 e. The minimum atomic E-state index is 0.168. The van der Waals surface area contributed by atoms with Crippen molar-refractivity contribution in [3.8, 4) is 0 Å². The molecule has 0 bridgehead atoms. The second-order valence-electron chi connectivity index (χ2n) is 3.51. The number of aromatic nitrogens is 2. The predicted octanol–water partition coefficient (Wildman–Crippen LogP) is 2.94. The van der Waals surface area contributed by atoms with Crippen molar-refractivity contribution < 1.29 is 4.79 Å².